The molecule has 1 unspecified atom stereocenters. The Kier molecular flexibility index (Phi) is 6.79. The van der Waals surface area contributed by atoms with Crippen molar-refractivity contribution in [2.75, 3.05) is 0 Å². The molecule has 1 saturated carbocycles. The van der Waals surface area contributed by atoms with Gasteiger partial charge in [-0.25, -0.2) is 4.79 Å². The van der Waals surface area contributed by atoms with Crippen molar-refractivity contribution in [3.8, 4) is 11.5 Å². The maximum Gasteiger partial charge on any atom is 0.404 e. The first-order chi connectivity index (χ1) is 17.0. The van der Waals surface area contributed by atoms with Crippen LogP contribution in [0.1, 0.15) is 75.7 Å². The molecule has 1 aromatic heterocycles. The number of benzene rings is 1. The van der Waals surface area contributed by atoms with E-state index in [0.29, 0.717) is 54.6 Å². The summed E-state index contributed by atoms with van der Waals surface area (Å²) < 4.78 is 12.5. The van der Waals surface area contributed by atoms with Gasteiger partial charge in [-0.3, -0.25) is 14.4 Å². The van der Waals surface area contributed by atoms with Crippen molar-refractivity contribution >= 4 is 18.3 Å². The predicted octanol–water partition coefficient (Wildman–Crippen LogP) is 3.36. The fourth-order valence-corrected chi connectivity index (χ4v) is 5.20. The number of fused-ring (bicyclic) bond motifs is 1. The van der Waals surface area contributed by atoms with Gasteiger partial charge >= 0.3 is 6.09 Å². The average molecular weight is 498 g/mol. The van der Waals surface area contributed by atoms with Crippen molar-refractivity contribution < 1.29 is 29.0 Å². The molecule has 192 valence electrons. The number of nitrogens with one attached hydrogen (secondary N) is 3. The fourth-order valence-electron chi connectivity index (χ4n) is 5.20. The molecular weight excluding hydrogens is 466 g/mol. The number of ether oxygens (including phenoxy) is 2. The number of pyridine rings is 1. The van der Waals surface area contributed by atoms with E-state index in [9.17, 15) is 19.2 Å². The lowest BCUT2D eigenvalue weighted by atomic mass is 9.81. The van der Waals surface area contributed by atoms with Crippen LogP contribution in [0.2, 0.25) is 0 Å². The number of hydrogen-bond acceptors (Lipinski definition) is 6. The van der Waals surface area contributed by atoms with Crippen LogP contribution in [0.3, 0.4) is 0 Å². The molecule has 1 atom stereocenters. The van der Waals surface area contributed by atoms with Crippen LogP contribution in [0.25, 0.3) is 0 Å². The molecule has 36 heavy (non-hydrogen) atoms. The number of carbonyl (C=O) groups excluding carboxylic acids is 2. The number of hydrogen-bond donors (Lipinski definition) is 4. The number of amides is 2. The van der Waals surface area contributed by atoms with Crippen molar-refractivity contribution in [1.82, 2.24) is 15.6 Å². The van der Waals surface area contributed by atoms with Gasteiger partial charge in [0, 0.05) is 47.8 Å². The van der Waals surface area contributed by atoms with Gasteiger partial charge in [-0.05, 0) is 64.2 Å². The van der Waals surface area contributed by atoms with Crippen LogP contribution in [0.15, 0.2) is 16.9 Å². The van der Waals surface area contributed by atoms with Crippen molar-refractivity contribution in [1.29, 1.82) is 0 Å². The van der Waals surface area contributed by atoms with E-state index in [1.807, 2.05) is 19.9 Å². The largest absolute Gasteiger partial charge is 0.465 e. The molecule has 10 nitrogen and oxygen atoms in total. The fraction of sp³-hybridized carbons (Fsp3) is 0.462. The molecule has 1 fully saturated rings. The third-order valence-corrected chi connectivity index (χ3v) is 7.21. The van der Waals surface area contributed by atoms with Gasteiger partial charge in [-0.15, -0.1) is 0 Å². The summed E-state index contributed by atoms with van der Waals surface area (Å²) in [5.74, 6) is -0.847. The third kappa shape index (κ3) is 4.80. The Morgan fingerprint density at radius 2 is 1.81 bits per heavy atom. The van der Waals surface area contributed by atoms with Crippen LogP contribution in [0.4, 0.5) is 4.79 Å². The van der Waals surface area contributed by atoms with E-state index in [0.717, 1.165) is 11.3 Å². The van der Waals surface area contributed by atoms with Gasteiger partial charge in [0.1, 0.15) is 0 Å². The zero-order valence-electron chi connectivity index (χ0n) is 20.8. The number of carbonyl (C=O) groups is 3. The predicted molar refractivity (Wildman–Crippen MR) is 131 cm³/mol. The van der Waals surface area contributed by atoms with Gasteiger partial charge in [0.15, 0.2) is 17.8 Å². The normalized spacial score (nSPS) is 22.7. The summed E-state index contributed by atoms with van der Waals surface area (Å²) in [4.78, 5) is 51.0. The highest BCUT2D eigenvalue weighted by atomic mass is 16.7. The summed E-state index contributed by atoms with van der Waals surface area (Å²) in [7, 11) is 0. The third-order valence-electron chi connectivity index (χ3n) is 7.21. The summed E-state index contributed by atoms with van der Waals surface area (Å²) in [6.07, 6.45) is 2.27. The van der Waals surface area contributed by atoms with Crippen molar-refractivity contribution in [2.45, 2.75) is 71.8 Å². The van der Waals surface area contributed by atoms with E-state index >= 15 is 0 Å². The van der Waals surface area contributed by atoms with Crippen LogP contribution in [0.5, 0.6) is 11.5 Å². The summed E-state index contributed by atoms with van der Waals surface area (Å²) >= 11 is 0. The Morgan fingerprint density at radius 1 is 1.14 bits per heavy atom. The molecule has 4 rings (SSSR count). The Morgan fingerprint density at radius 3 is 2.42 bits per heavy atom. The minimum Gasteiger partial charge on any atom is -0.465 e. The second-order valence-electron chi connectivity index (χ2n) is 9.76. The number of carboxylic acid groups (broad SMARTS) is 1. The van der Waals surface area contributed by atoms with Gasteiger partial charge in [0.25, 0.3) is 17.3 Å². The van der Waals surface area contributed by atoms with Crippen LogP contribution >= 0.6 is 0 Å². The van der Waals surface area contributed by atoms with Crippen molar-refractivity contribution in [3.63, 3.8) is 0 Å². The summed E-state index contributed by atoms with van der Waals surface area (Å²) in [6.45, 7) is 7.18. The van der Waals surface area contributed by atoms with E-state index in [-0.39, 0.29) is 35.2 Å². The highest BCUT2D eigenvalue weighted by Crippen LogP contribution is 2.49. The Hall–Kier alpha value is -3.82. The standard InChI is InChI=1S/C26H31N3O7/c1-13-9-14(2)28-24(32)20(13)11-27-23(31)19-10-16(12-30)22-21(15(19)3)35-26(4,36-22)17-5-7-18(8-6-17)29-25(33)34/h9-10,12,17-18,29H,5-8,11H2,1-4H3,(H,27,31)(H,28,32)(H,33,34). The zero-order chi connectivity index (χ0) is 26.2. The lowest BCUT2D eigenvalue weighted by Gasteiger charge is -2.37. The first kappa shape index (κ1) is 25.3. The Labute approximate surface area is 208 Å². The molecule has 4 N–H and O–H groups in total. The average Bonchev–Trinajstić information content (AvgIpc) is 3.18. The van der Waals surface area contributed by atoms with E-state index in [2.05, 4.69) is 15.6 Å². The van der Waals surface area contributed by atoms with Crippen LogP contribution in [-0.2, 0) is 6.54 Å². The number of aromatic nitrogens is 1. The van der Waals surface area contributed by atoms with Crippen molar-refractivity contribution in [2.24, 2.45) is 5.92 Å². The molecule has 0 radical (unpaired) electrons. The maximum absolute atomic E-state index is 13.1. The smallest absolute Gasteiger partial charge is 0.404 e. The number of aromatic amines is 1. The lowest BCUT2D eigenvalue weighted by Crippen LogP contribution is -2.47. The van der Waals surface area contributed by atoms with Gasteiger partial charge in [0.2, 0.25) is 0 Å². The molecule has 2 heterocycles. The molecule has 10 heteroatoms. The van der Waals surface area contributed by atoms with E-state index in [1.165, 1.54) is 6.07 Å². The zero-order valence-corrected chi connectivity index (χ0v) is 20.8. The van der Waals surface area contributed by atoms with Gasteiger partial charge < -0.3 is 30.2 Å². The van der Waals surface area contributed by atoms with Crippen LogP contribution in [-0.4, -0.2) is 40.2 Å². The molecule has 1 aromatic carbocycles. The first-order valence-corrected chi connectivity index (χ1v) is 12.0. The summed E-state index contributed by atoms with van der Waals surface area (Å²) in [5.41, 5.74) is 2.72. The molecule has 0 bridgehead atoms. The molecule has 1 aliphatic carbocycles. The highest BCUT2D eigenvalue weighted by Gasteiger charge is 2.47. The van der Waals surface area contributed by atoms with Crippen LogP contribution < -0.4 is 25.7 Å². The molecule has 1 aliphatic heterocycles. The number of aldehydes is 1. The first-order valence-electron chi connectivity index (χ1n) is 12.0. The molecule has 2 aliphatic rings. The molecular formula is C26H31N3O7. The van der Waals surface area contributed by atoms with E-state index in [1.54, 1.807) is 13.8 Å². The second kappa shape index (κ2) is 9.67. The molecule has 0 spiro atoms. The quantitative estimate of drug-likeness (QED) is 0.448. The minimum absolute atomic E-state index is 0.0239. The van der Waals surface area contributed by atoms with Crippen LogP contribution in [0, 0.1) is 26.7 Å². The monoisotopic (exact) mass is 497 g/mol. The van der Waals surface area contributed by atoms with Crippen molar-refractivity contribution in [3.05, 3.63) is 56.0 Å². The second-order valence-corrected chi connectivity index (χ2v) is 9.76. The van der Waals surface area contributed by atoms with E-state index < -0.39 is 17.8 Å². The lowest BCUT2D eigenvalue weighted by molar-refractivity contribution is -0.121. The van der Waals surface area contributed by atoms with Gasteiger partial charge in [-0.2, -0.15) is 0 Å². The summed E-state index contributed by atoms with van der Waals surface area (Å²) in [6, 6.07) is 3.20. The highest BCUT2D eigenvalue weighted by molar-refractivity contribution is 5.99. The maximum atomic E-state index is 13.1. The van der Waals surface area contributed by atoms with Gasteiger partial charge in [-0.1, -0.05) is 0 Å². The minimum atomic E-state index is -1.04. The molecule has 2 aromatic rings. The van der Waals surface area contributed by atoms with E-state index in [4.69, 9.17) is 14.6 Å². The number of rotatable bonds is 6. The van der Waals surface area contributed by atoms with Gasteiger partial charge in [0.05, 0.1) is 5.56 Å². The molecule has 2 amide bonds. The number of aryl methyl sites for hydroxylation is 2. The topological polar surface area (TPSA) is 147 Å². The Bertz CT molecular complexity index is 1280. The molecule has 0 saturated heterocycles. The Balaban J connectivity index is 1.53. The SMILES string of the molecule is Cc1cc(C)c(CNC(=O)c2cc(C=O)c3c(c2C)OC(C)(C2CCC(NC(=O)O)CC2)O3)c(=O)[nH]1. The summed E-state index contributed by atoms with van der Waals surface area (Å²) in [5, 5.41) is 14.3. The number of H-pyrrole nitrogens is 1.